The lowest BCUT2D eigenvalue weighted by molar-refractivity contribution is 0.0992. The fourth-order valence-corrected chi connectivity index (χ4v) is 1.91. The monoisotopic (exact) mass is 311 g/mol. The van der Waals surface area contributed by atoms with E-state index in [0.717, 1.165) is 12.1 Å². The van der Waals surface area contributed by atoms with E-state index >= 15 is 0 Å². The summed E-state index contributed by atoms with van der Waals surface area (Å²) in [5, 5.41) is 9.11. The maximum Gasteiger partial charge on any atom is 0.269 e. The van der Waals surface area contributed by atoms with Crippen LogP contribution >= 0.6 is 12.2 Å². The van der Waals surface area contributed by atoms with Gasteiger partial charge in [-0.3, -0.25) is 9.48 Å². The zero-order valence-corrected chi connectivity index (χ0v) is 11.7. The Morgan fingerprint density at radius 3 is 2.62 bits per heavy atom. The van der Waals surface area contributed by atoms with Gasteiger partial charge in [0.15, 0.2) is 5.11 Å². The molecule has 0 aliphatic carbocycles. The van der Waals surface area contributed by atoms with E-state index in [0.29, 0.717) is 0 Å². The number of aromatic nitrogens is 2. The minimum Gasteiger partial charge on any atom is -0.364 e. The van der Waals surface area contributed by atoms with Gasteiger partial charge >= 0.3 is 0 Å². The molecule has 0 bridgehead atoms. The average molecular weight is 311 g/mol. The van der Waals surface area contributed by atoms with Crippen molar-refractivity contribution in [3.05, 3.63) is 41.7 Å². The van der Waals surface area contributed by atoms with Crippen LogP contribution in [0.1, 0.15) is 10.5 Å². The maximum absolute atomic E-state index is 13.5. The van der Waals surface area contributed by atoms with Crippen LogP contribution in [0, 0.1) is 11.6 Å². The molecular formula is C12H11F2N5OS. The summed E-state index contributed by atoms with van der Waals surface area (Å²) < 4.78 is 27.6. The van der Waals surface area contributed by atoms with Gasteiger partial charge < -0.3 is 16.4 Å². The Morgan fingerprint density at radius 1 is 1.33 bits per heavy atom. The van der Waals surface area contributed by atoms with Gasteiger partial charge in [0.05, 0.1) is 17.6 Å². The van der Waals surface area contributed by atoms with Crippen LogP contribution in [0.5, 0.6) is 0 Å². The molecule has 0 saturated carbocycles. The van der Waals surface area contributed by atoms with Gasteiger partial charge in [0, 0.05) is 13.1 Å². The molecule has 110 valence electrons. The molecule has 0 spiro atoms. The minimum absolute atomic E-state index is 0.00147. The van der Waals surface area contributed by atoms with Crippen LogP contribution in [0.2, 0.25) is 0 Å². The first-order valence-electron chi connectivity index (χ1n) is 5.73. The van der Waals surface area contributed by atoms with Crippen LogP contribution in [0.15, 0.2) is 24.4 Å². The Balaban J connectivity index is 2.14. The number of nitrogens with two attached hydrogens (primary N) is 1. The first-order valence-corrected chi connectivity index (χ1v) is 6.14. The predicted octanol–water partition coefficient (Wildman–Crippen LogP) is 1.61. The average Bonchev–Trinajstić information content (AvgIpc) is 2.74. The quantitative estimate of drug-likeness (QED) is 0.750. The summed E-state index contributed by atoms with van der Waals surface area (Å²) >= 11 is 4.99. The molecule has 0 atom stereocenters. The number of anilines is 2. The smallest absolute Gasteiger partial charge is 0.269 e. The largest absolute Gasteiger partial charge is 0.364 e. The first kappa shape index (κ1) is 14.9. The number of halogens is 2. The van der Waals surface area contributed by atoms with Crippen molar-refractivity contribution in [2.24, 2.45) is 12.8 Å². The van der Waals surface area contributed by atoms with Crippen LogP contribution in [0.3, 0.4) is 0 Å². The van der Waals surface area contributed by atoms with Crippen molar-refractivity contribution in [3.8, 4) is 0 Å². The van der Waals surface area contributed by atoms with Crippen molar-refractivity contribution < 1.29 is 13.6 Å². The normalized spacial score (nSPS) is 10.2. The highest BCUT2D eigenvalue weighted by molar-refractivity contribution is 7.80. The van der Waals surface area contributed by atoms with Gasteiger partial charge in [0.1, 0.15) is 17.3 Å². The van der Waals surface area contributed by atoms with E-state index in [1.165, 1.54) is 16.9 Å². The Bertz CT molecular complexity index is 716. The highest BCUT2D eigenvalue weighted by atomic mass is 32.1. The molecule has 6 nitrogen and oxygen atoms in total. The molecule has 0 aliphatic rings. The van der Waals surface area contributed by atoms with Crippen LogP contribution < -0.4 is 16.4 Å². The molecule has 0 fully saturated rings. The molecular weight excluding hydrogens is 300 g/mol. The molecule has 2 aromatic rings. The van der Waals surface area contributed by atoms with Crippen molar-refractivity contribution in [3.63, 3.8) is 0 Å². The van der Waals surface area contributed by atoms with Gasteiger partial charge in [-0.25, -0.2) is 8.78 Å². The number of aryl methyl sites for hydroxylation is 1. The molecule has 1 heterocycles. The topological polar surface area (TPSA) is 85.0 Å². The number of benzene rings is 1. The summed E-state index contributed by atoms with van der Waals surface area (Å²) in [5.74, 6) is -2.17. The van der Waals surface area contributed by atoms with Crippen LogP contribution in [-0.4, -0.2) is 20.8 Å². The van der Waals surface area contributed by atoms with Gasteiger partial charge in [-0.15, -0.1) is 0 Å². The van der Waals surface area contributed by atoms with Gasteiger partial charge in [-0.1, -0.05) is 0 Å². The van der Waals surface area contributed by atoms with Crippen molar-refractivity contribution >= 4 is 34.6 Å². The number of carbonyl (C=O) groups excluding carboxylic acids is 1. The molecule has 1 amide bonds. The number of amides is 1. The van der Waals surface area contributed by atoms with Crippen molar-refractivity contribution in [2.45, 2.75) is 0 Å². The highest BCUT2D eigenvalue weighted by Gasteiger charge is 2.15. The second-order valence-corrected chi connectivity index (χ2v) is 4.51. The zero-order valence-electron chi connectivity index (χ0n) is 10.9. The lowest BCUT2D eigenvalue weighted by Crippen LogP contribution is -2.23. The number of hydrogen-bond acceptors (Lipinski definition) is 3. The molecule has 0 radical (unpaired) electrons. The third-order valence-corrected chi connectivity index (χ3v) is 2.80. The summed E-state index contributed by atoms with van der Waals surface area (Å²) in [6, 6.07) is 3.02. The molecule has 21 heavy (non-hydrogen) atoms. The third kappa shape index (κ3) is 3.31. The highest BCUT2D eigenvalue weighted by Crippen LogP contribution is 2.17. The molecule has 0 aliphatic heterocycles. The van der Waals surface area contributed by atoms with Crippen molar-refractivity contribution in [1.29, 1.82) is 0 Å². The Hall–Kier alpha value is -2.55. The molecule has 0 saturated heterocycles. The summed E-state index contributed by atoms with van der Waals surface area (Å²) in [4.78, 5) is 11.3. The molecule has 4 N–H and O–H groups in total. The van der Waals surface area contributed by atoms with E-state index in [-0.39, 0.29) is 22.2 Å². The number of primary amides is 1. The van der Waals surface area contributed by atoms with Gasteiger partial charge in [-0.05, 0) is 24.4 Å². The number of thiocarbonyl (C=S) groups is 1. The Morgan fingerprint density at radius 2 is 2.00 bits per heavy atom. The van der Waals surface area contributed by atoms with E-state index in [9.17, 15) is 13.6 Å². The fourth-order valence-electron chi connectivity index (χ4n) is 1.69. The first-order chi connectivity index (χ1) is 9.88. The summed E-state index contributed by atoms with van der Waals surface area (Å²) in [6.07, 6.45) is 1.36. The summed E-state index contributed by atoms with van der Waals surface area (Å²) in [6.45, 7) is 0. The lowest BCUT2D eigenvalue weighted by atomic mass is 10.3. The standard InChI is InChI=1S/C12H11F2N5OS/c1-19-10(11(15)20)9(5-16-19)18-12(21)17-8-3-2-6(13)4-7(8)14/h2-5H,1H3,(H2,15,20)(H2,17,18,21). The van der Waals surface area contributed by atoms with Crippen LogP contribution in [-0.2, 0) is 7.05 Å². The number of rotatable bonds is 3. The SMILES string of the molecule is Cn1ncc(NC(=S)Nc2ccc(F)cc2F)c1C(N)=O. The molecule has 1 aromatic carbocycles. The van der Waals surface area contributed by atoms with E-state index in [1.54, 1.807) is 7.05 Å². The van der Waals surface area contributed by atoms with Gasteiger partial charge in [-0.2, -0.15) is 5.10 Å². The van der Waals surface area contributed by atoms with Crippen molar-refractivity contribution in [1.82, 2.24) is 9.78 Å². The fraction of sp³-hybridized carbons (Fsp3) is 0.0833. The van der Waals surface area contributed by atoms with Crippen LogP contribution in [0.4, 0.5) is 20.2 Å². The number of hydrogen-bond donors (Lipinski definition) is 3. The van der Waals surface area contributed by atoms with Gasteiger partial charge in [0.2, 0.25) is 0 Å². The van der Waals surface area contributed by atoms with E-state index in [2.05, 4.69) is 15.7 Å². The van der Waals surface area contributed by atoms with Crippen molar-refractivity contribution in [2.75, 3.05) is 10.6 Å². The summed E-state index contributed by atoms with van der Waals surface area (Å²) in [7, 11) is 1.54. The maximum atomic E-state index is 13.5. The second-order valence-electron chi connectivity index (χ2n) is 4.10. The molecule has 9 heteroatoms. The minimum atomic E-state index is -0.791. The number of nitrogens with one attached hydrogen (secondary N) is 2. The molecule has 2 rings (SSSR count). The third-order valence-electron chi connectivity index (χ3n) is 2.60. The number of carbonyl (C=O) groups is 1. The van der Waals surface area contributed by atoms with E-state index < -0.39 is 17.5 Å². The zero-order chi connectivity index (χ0) is 15.6. The predicted molar refractivity (Wildman–Crippen MR) is 77.9 cm³/mol. The molecule has 1 aromatic heterocycles. The number of nitrogens with zero attached hydrogens (tertiary/aromatic N) is 2. The molecule has 0 unspecified atom stereocenters. The second kappa shape index (κ2) is 5.83. The van der Waals surface area contributed by atoms with E-state index in [4.69, 9.17) is 18.0 Å². The summed E-state index contributed by atoms with van der Waals surface area (Å²) in [5.41, 5.74) is 5.63. The van der Waals surface area contributed by atoms with Crippen LogP contribution in [0.25, 0.3) is 0 Å². The Kier molecular flexibility index (Phi) is 4.13. The van der Waals surface area contributed by atoms with Gasteiger partial charge in [0.25, 0.3) is 5.91 Å². The van der Waals surface area contributed by atoms with E-state index in [1.807, 2.05) is 0 Å². The lowest BCUT2D eigenvalue weighted by Gasteiger charge is -2.11. The Labute approximate surface area is 123 Å².